The molecule has 0 aliphatic carbocycles. The van der Waals surface area contributed by atoms with Crippen LogP contribution in [-0.4, -0.2) is 42.7 Å². The first-order valence-corrected chi connectivity index (χ1v) is 9.08. The third-order valence-electron chi connectivity index (χ3n) is 4.24. The predicted molar refractivity (Wildman–Crippen MR) is 107 cm³/mol. The summed E-state index contributed by atoms with van der Waals surface area (Å²) < 4.78 is 37.0. The van der Waals surface area contributed by atoms with E-state index in [1.165, 1.54) is 13.2 Å². The number of alkyl halides is 2. The molecule has 29 heavy (non-hydrogen) atoms. The lowest BCUT2D eigenvalue weighted by atomic mass is 10.2. The van der Waals surface area contributed by atoms with Gasteiger partial charge in [0.2, 0.25) is 0 Å². The number of ether oxygens (including phenoxy) is 2. The molecule has 0 saturated heterocycles. The minimum Gasteiger partial charge on any atom is -0.497 e. The average Bonchev–Trinajstić information content (AvgIpc) is 3.13. The summed E-state index contributed by atoms with van der Waals surface area (Å²) in [6.07, 6.45) is 4.64. The molecule has 3 rings (SSSR count). The van der Waals surface area contributed by atoms with Crippen molar-refractivity contribution in [1.82, 2.24) is 20.0 Å². The van der Waals surface area contributed by atoms with Crippen molar-refractivity contribution in [3.8, 4) is 11.5 Å². The number of hydrogen-bond donors (Lipinski definition) is 2. The van der Waals surface area contributed by atoms with Gasteiger partial charge in [-0.1, -0.05) is 6.07 Å². The lowest BCUT2D eigenvalue weighted by Gasteiger charge is -2.15. The molecule has 7 nitrogen and oxygen atoms in total. The summed E-state index contributed by atoms with van der Waals surface area (Å²) >= 11 is 0. The van der Waals surface area contributed by atoms with Gasteiger partial charge in [0.1, 0.15) is 17.1 Å². The molecule has 9 heteroatoms. The summed E-state index contributed by atoms with van der Waals surface area (Å²) in [4.78, 5) is 8.71. The molecule has 0 atom stereocenters. The number of nitrogens with zero attached hydrogens (tertiary/aromatic N) is 3. The second-order valence-electron chi connectivity index (χ2n) is 6.15. The number of guanidine groups is 1. The van der Waals surface area contributed by atoms with E-state index in [4.69, 9.17) is 4.74 Å². The zero-order valence-electron chi connectivity index (χ0n) is 16.2. The van der Waals surface area contributed by atoms with E-state index in [1.54, 1.807) is 19.2 Å². The number of benzene rings is 1. The summed E-state index contributed by atoms with van der Waals surface area (Å²) in [5, 5.41) is 6.29. The van der Waals surface area contributed by atoms with Gasteiger partial charge >= 0.3 is 6.61 Å². The Balaban J connectivity index is 1.56. The number of hydrogen-bond acceptors (Lipinski definition) is 4. The van der Waals surface area contributed by atoms with Crippen LogP contribution < -0.4 is 20.1 Å². The van der Waals surface area contributed by atoms with E-state index in [0.717, 1.165) is 11.3 Å². The van der Waals surface area contributed by atoms with Gasteiger partial charge in [-0.15, -0.1) is 0 Å². The van der Waals surface area contributed by atoms with Crippen molar-refractivity contribution in [3.63, 3.8) is 0 Å². The SMILES string of the molecule is CN=C(NCCc1cn2ccccc2n1)NCc1cc(OC)ccc1OC(F)F. The Morgan fingerprint density at radius 3 is 2.83 bits per heavy atom. The van der Waals surface area contributed by atoms with E-state index >= 15 is 0 Å². The summed E-state index contributed by atoms with van der Waals surface area (Å²) in [6, 6.07) is 10.5. The fourth-order valence-corrected chi connectivity index (χ4v) is 2.85. The Bertz CT molecular complexity index is 941. The first kappa shape index (κ1) is 20.4. The fraction of sp³-hybridized carbons (Fsp3) is 0.300. The van der Waals surface area contributed by atoms with Gasteiger partial charge in [0, 0.05) is 44.5 Å². The molecule has 0 aliphatic rings. The van der Waals surface area contributed by atoms with Gasteiger partial charge in [0.25, 0.3) is 0 Å². The zero-order valence-corrected chi connectivity index (χ0v) is 16.2. The summed E-state index contributed by atoms with van der Waals surface area (Å²) in [5.74, 6) is 1.19. The van der Waals surface area contributed by atoms with Crippen LogP contribution in [-0.2, 0) is 13.0 Å². The number of rotatable bonds is 8. The number of fused-ring (bicyclic) bond motifs is 1. The van der Waals surface area contributed by atoms with Crippen molar-refractivity contribution in [1.29, 1.82) is 0 Å². The topological polar surface area (TPSA) is 72.2 Å². The Morgan fingerprint density at radius 1 is 1.24 bits per heavy atom. The summed E-state index contributed by atoms with van der Waals surface area (Å²) in [6.45, 7) is -2.04. The maximum atomic E-state index is 12.6. The van der Waals surface area contributed by atoms with Gasteiger partial charge in [0.15, 0.2) is 5.96 Å². The Kier molecular flexibility index (Phi) is 6.83. The van der Waals surface area contributed by atoms with Crippen LogP contribution in [0, 0.1) is 0 Å². The second-order valence-corrected chi connectivity index (χ2v) is 6.15. The Morgan fingerprint density at radius 2 is 2.10 bits per heavy atom. The molecule has 0 spiro atoms. The van der Waals surface area contributed by atoms with E-state index in [9.17, 15) is 8.78 Å². The number of halogens is 2. The van der Waals surface area contributed by atoms with E-state index < -0.39 is 6.61 Å². The van der Waals surface area contributed by atoms with Crippen molar-refractivity contribution >= 4 is 11.6 Å². The smallest absolute Gasteiger partial charge is 0.387 e. The number of aromatic nitrogens is 2. The lowest BCUT2D eigenvalue weighted by molar-refractivity contribution is -0.0504. The van der Waals surface area contributed by atoms with Gasteiger partial charge in [-0.2, -0.15) is 8.78 Å². The van der Waals surface area contributed by atoms with Crippen LogP contribution in [0.1, 0.15) is 11.3 Å². The predicted octanol–water partition coefficient (Wildman–Crippen LogP) is 2.85. The molecule has 0 amide bonds. The monoisotopic (exact) mass is 403 g/mol. The van der Waals surface area contributed by atoms with Crippen LogP contribution in [0.4, 0.5) is 8.78 Å². The molecular weight excluding hydrogens is 380 g/mol. The molecule has 0 unspecified atom stereocenters. The maximum absolute atomic E-state index is 12.6. The molecule has 0 aliphatic heterocycles. The second kappa shape index (κ2) is 9.72. The summed E-state index contributed by atoms with van der Waals surface area (Å²) in [7, 11) is 3.16. The van der Waals surface area contributed by atoms with Crippen LogP contribution >= 0.6 is 0 Å². The molecule has 154 valence electrons. The number of nitrogens with one attached hydrogen (secondary N) is 2. The fourth-order valence-electron chi connectivity index (χ4n) is 2.85. The van der Waals surface area contributed by atoms with Crippen LogP contribution in [0.5, 0.6) is 11.5 Å². The number of aliphatic imine (C=N–C) groups is 1. The third-order valence-corrected chi connectivity index (χ3v) is 4.24. The maximum Gasteiger partial charge on any atom is 0.387 e. The molecule has 1 aromatic carbocycles. The molecule has 2 N–H and O–H groups in total. The first-order valence-electron chi connectivity index (χ1n) is 9.08. The van der Waals surface area contributed by atoms with Crippen molar-refractivity contribution in [2.45, 2.75) is 19.6 Å². The van der Waals surface area contributed by atoms with Gasteiger partial charge in [-0.3, -0.25) is 4.99 Å². The molecule has 0 radical (unpaired) electrons. The number of imidazole rings is 1. The highest BCUT2D eigenvalue weighted by atomic mass is 19.3. The van der Waals surface area contributed by atoms with Crippen molar-refractivity contribution in [3.05, 3.63) is 60.0 Å². The quantitative estimate of drug-likeness (QED) is 0.447. The van der Waals surface area contributed by atoms with E-state index in [0.29, 0.717) is 30.2 Å². The third kappa shape index (κ3) is 5.56. The molecule has 3 aromatic rings. The van der Waals surface area contributed by atoms with Crippen molar-refractivity contribution < 1.29 is 18.3 Å². The van der Waals surface area contributed by atoms with Crippen molar-refractivity contribution in [2.75, 3.05) is 20.7 Å². The van der Waals surface area contributed by atoms with Crippen LogP contribution in [0.15, 0.2) is 53.8 Å². The van der Waals surface area contributed by atoms with Gasteiger partial charge in [-0.05, 0) is 30.3 Å². The summed E-state index contributed by atoms with van der Waals surface area (Å²) in [5.41, 5.74) is 2.39. The average molecular weight is 403 g/mol. The molecule has 0 bridgehead atoms. The van der Waals surface area contributed by atoms with E-state index in [1.807, 2.05) is 35.0 Å². The lowest BCUT2D eigenvalue weighted by Crippen LogP contribution is -2.38. The Hall–Kier alpha value is -3.36. The normalized spacial score (nSPS) is 11.7. The minimum atomic E-state index is -2.90. The van der Waals surface area contributed by atoms with Crippen LogP contribution in [0.2, 0.25) is 0 Å². The Labute approximate surface area is 167 Å². The van der Waals surface area contributed by atoms with Gasteiger partial charge in [0.05, 0.1) is 12.8 Å². The van der Waals surface area contributed by atoms with Crippen LogP contribution in [0.25, 0.3) is 5.65 Å². The first-order chi connectivity index (χ1) is 14.1. The standard InChI is InChI=1S/C20H23F2N5O2/c1-23-20(24-9-8-15-13-27-10-4-3-5-18(27)26-15)25-12-14-11-16(28-2)6-7-17(14)29-19(21)22/h3-7,10-11,13,19H,8-9,12H2,1-2H3,(H2,23,24,25). The highest BCUT2D eigenvalue weighted by molar-refractivity contribution is 5.79. The van der Waals surface area contributed by atoms with E-state index in [2.05, 4.69) is 25.3 Å². The largest absolute Gasteiger partial charge is 0.497 e. The number of pyridine rings is 1. The van der Waals surface area contributed by atoms with Crippen molar-refractivity contribution in [2.24, 2.45) is 4.99 Å². The van der Waals surface area contributed by atoms with E-state index in [-0.39, 0.29) is 12.3 Å². The molecule has 2 aromatic heterocycles. The van der Waals surface area contributed by atoms with Crippen LogP contribution in [0.3, 0.4) is 0 Å². The van der Waals surface area contributed by atoms with Gasteiger partial charge in [-0.25, -0.2) is 4.98 Å². The highest BCUT2D eigenvalue weighted by Crippen LogP contribution is 2.25. The molecule has 2 heterocycles. The highest BCUT2D eigenvalue weighted by Gasteiger charge is 2.11. The van der Waals surface area contributed by atoms with Gasteiger partial charge < -0.3 is 24.5 Å². The number of methoxy groups -OCH3 is 1. The molecular formula is C20H23F2N5O2. The zero-order chi connectivity index (χ0) is 20.6. The minimum absolute atomic E-state index is 0.0912. The molecule has 0 fully saturated rings. The molecule has 0 saturated carbocycles.